The first kappa shape index (κ1) is 12.1. The molecule has 0 aliphatic heterocycles. The van der Waals surface area contributed by atoms with E-state index in [1.807, 2.05) is 0 Å². The van der Waals surface area contributed by atoms with Gasteiger partial charge < -0.3 is 11.1 Å². The second-order valence-corrected chi connectivity index (χ2v) is 5.15. The van der Waals surface area contributed by atoms with Crippen LogP contribution >= 0.6 is 0 Å². The molecule has 0 aromatic rings. The Morgan fingerprint density at radius 2 is 2.27 bits per heavy atom. The van der Waals surface area contributed by atoms with Gasteiger partial charge in [-0.15, -0.1) is 0 Å². The summed E-state index contributed by atoms with van der Waals surface area (Å²) in [6.07, 6.45) is 7.21. The first-order chi connectivity index (χ1) is 6.97. The van der Waals surface area contributed by atoms with Crippen molar-refractivity contribution in [3.05, 3.63) is 11.6 Å². The fraction of sp³-hybridized carbons (Fsp3) is 0.750. The zero-order valence-electron chi connectivity index (χ0n) is 10.1. The summed E-state index contributed by atoms with van der Waals surface area (Å²) in [7, 11) is 0. The highest BCUT2D eigenvalue weighted by Crippen LogP contribution is 2.20. The molecular weight excluding hydrogens is 186 g/mol. The third-order valence-corrected chi connectivity index (χ3v) is 2.35. The molecule has 0 spiro atoms. The summed E-state index contributed by atoms with van der Waals surface area (Å²) >= 11 is 0. The van der Waals surface area contributed by atoms with E-state index in [0.29, 0.717) is 5.96 Å². The lowest BCUT2D eigenvalue weighted by Crippen LogP contribution is -2.45. The Morgan fingerprint density at radius 3 is 2.80 bits per heavy atom. The SMILES string of the molecule is CC(C)(C)NC(N)=NCCC1=CCCC1. The van der Waals surface area contributed by atoms with Gasteiger partial charge in [-0.25, -0.2) is 0 Å². The molecule has 0 radical (unpaired) electrons. The molecule has 3 heteroatoms. The smallest absolute Gasteiger partial charge is 0.188 e. The number of nitrogens with one attached hydrogen (secondary N) is 1. The lowest BCUT2D eigenvalue weighted by molar-refractivity contribution is 0.508. The quantitative estimate of drug-likeness (QED) is 0.425. The van der Waals surface area contributed by atoms with Crippen LogP contribution in [-0.4, -0.2) is 18.0 Å². The zero-order chi connectivity index (χ0) is 11.3. The normalized spacial score (nSPS) is 17.8. The first-order valence-corrected chi connectivity index (χ1v) is 5.73. The van der Waals surface area contributed by atoms with Crippen molar-refractivity contribution in [3.63, 3.8) is 0 Å². The summed E-state index contributed by atoms with van der Waals surface area (Å²) in [4.78, 5) is 4.32. The molecule has 1 aliphatic carbocycles. The highest BCUT2D eigenvalue weighted by atomic mass is 15.1. The highest BCUT2D eigenvalue weighted by Gasteiger charge is 2.09. The number of aliphatic imine (C=N–C) groups is 1. The van der Waals surface area contributed by atoms with Crippen molar-refractivity contribution in [2.24, 2.45) is 10.7 Å². The number of allylic oxidation sites excluding steroid dienone is 1. The average Bonchev–Trinajstić information content (AvgIpc) is 2.53. The summed E-state index contributed by atoms with van der Waals surface area (Å²) in [6.45, 7) is 7.04. The minimum absolute atomic E-state index is 0.000208. The Hall–Kier alpha value is -0.990. The molecule has 3 N–H and O–H groups in total. The second-order valence-electron chi connectivity index (χ2n) is 5.15. The monoisotopic (exact) mass is 209 g/mol. The molecule has 0 atom stereocenters. The molecule has 0 fully saturated rings. The molecule has 0 amide bonds. The van der Waals surface area contributed by atoms with Crippen LogP contribution in [0.3, 0.4) is 0 Å². The van der Waals surface area contributed by atoms with Crippen LogP contribution in [0.15, 0.2) is 16.6 Å². The van der Waals surface area contributed by atoms with Gasteiger partial charge in [-0.05, 0) is 46.5 Å². The fourth-order valence-electron chi connectivity index (χ4n) is 1.71. The summed E-state index contributed by atoms with van der Waals surface area (Å²) < 4.78 is 0. The van der Waals surface area contributed by atoms with Gasteiger partial charge >= 0.3 is 0 Å². The Balaban J connectivity index is 2.25. The van der Waals surface area contributed by atoms with Crippen LogP contribution in [0.5, 0.6) is 0 Å². The van der Waals surface area contributed by atoms with Crippen molar-refractivity contribution in [2.75, 3.05) is 6.54 Å². The maximum atomic E-state index is 5.76. The van der Waals surface area contributed by atoms with E-state index >= 15 is 0 Å². The van der Waals surface area contributed by atoms with Crippen molar-refractivity contribution >= 4 is 5.96 Å². The van der Waals surface area contributed by atoms with E-state index in [4.69, 9.17) is 5.73 Å². The van der Waals surface area contributed by atoms with E-state index in [9.17, 15) is 0 Å². The molecule has 0 heterocycles. The van der Waals surface area contributed by atoms with Gasteiger partial charge in [0.2, 0.25) is 0 Å². The van der Waals surface area contributed by atoms with E-state index in [1.165, 1.54) is 19.3 Å². The third-order valence-electron chi connectivity index (χ3n) is 2.35. The maximum Gasteiger partial charge on any atom is 0.188 e. The molecule has 0 aromatic carbocycles. The maximum absolute atomic E-state index is 5.76. The molecule has 0 aromatic heterocycles. The highest BCUT2D eigenvalue weighted by molar-refractivity contribution is 5.78. The van der Waals surface area contributed by atoms with Crippen LogP contribution in [0.2, 0.25) is 0 Å². The minimum atomic E-state index is 0.000208. The van der Waals surface area contributed by atoms with Crippen LogP contribution in [0.1, 0.15) is 46.5 Å². The predicted octanol–water partition coefficient (Wildman–Crippen LogP) is 2.19. The van der Waals surface area contributed by atoms with Gasteiger partial charge in [0.1, 0.15) is 0 Å². The molecule has 0 saturated carbocycles. The number of hydrogen-bond donors (Lipinski definition) is 2. The summed E-state index contributed by atoms with van der Waals surface area (Å²) in [5.74, 6) is 0.557. The third kappa shape index (κ3) is 5.45. The second kappa shape index (κ2) is 5.19. The predicted molar refractivity (Wildman–Crippen MR) is 65.9 cm³/mol. The van der Waals surface area contributed by atoms with Crippen LogP contribution in [-0.2, 0) is 0 Å². The largest absolute Gasteiger partial charge is 0.370 e. The van der Waals surface area contributed by atoms with Gasteiger partial charge in [-0.3, -0.25) is 4.99 Å². The first-order valence-electron chi connectivity index (χ1n) is 5.73. The number of nitrogens with two attached hydrogens (primary N) is 1. The van der Waals surface area contributed by atoms with E-state index in [2.05, 4.69) is 37.2 Å². The van der Waals surface area contributed by atoms with Crippen molar-refractivity contribution in [3.8, 4) is 0 Å². The van der Waals surface area contributed by atoms with Crippen LogP contribution in [0.25, 0.3) is 0 Å². The summed E-state index contributed by atoms with van der Waals surface area (Å²) in [5.41, 5.74) is 7.31. The minimum Gasteiger partial charge on any atom is -0.370 e. The van der Waals surface area contributed by atoms with Gasteiger partial charge in [0.25, 0.3) is 0 Å². The van der Waals surface area contributed by atoms with Crippen LogP contribution in [0.4, 0.5) is 0 Å². The van der Waals surface area contributed by atoms with Gasteiger partial charge in [0.05, 0.1) is 0 Å². The number of rotatable bonds is 3. The fourth-order valence-corrected chi connectivity index (χ4v) is 1.71. The standard InChI is InChI=1S/C12H23N3/c1-12(2,3)15-11(13)14-9-8-10-6-4-5-7-10/h6H,4-5,7-9H2,1-3H3,(H3,13,14,15). The molecular formula is C12H23N3. The molecule has 0 bridgehead atoms. The van der Waals surface area contributed by atoms with E-state index in [-0.39, 0.29) is 5.54 Å². The van der Waals surface area contributed by atoms with Crippen molar-refractivity contribution in [1.82, 2.24) is 5.32 Å². The van der Waals surface area contributed by atoms with Gasteiger partial charge in [0, 0.05) is 12.1 Å². The molecule has 86 valence electrons. The van der Waals surface area contributed by atoms with Crippen molar-refractivity contribution in [2.45, 2.75) is 52.0 Å². The Morgan fingerprint density at radius 1 is 1.53 bits per heavy atom. The van der Waals surface area contributed by atoms with E-state index in [1.54, 1.807) is 5.57 Å². The average molecular weight is 209 g/mol. The summed E-state index contributed by atoms with van der Waals surface area (Å²) in [5, 5.41) is 3.15. The topological polar surface area (TPSA) is 50.4 Å². The van der Waals surface area contributed by atoms with Crippen LogP contribution in [0, 0.1) is 0 Å². The Kier molecular flexibility index (Phi) is 4.18. The van der Waals surface area contributed by atoms with Gasteiger partial charge in [-0.2, -0.15) is 0 Å². The Labute approximate surface area is 92.8 Å². The summed E-state index contributed by atoms with van der Waals surface area (Å²) in [6, 6.07) is 0. The Bertz CT molecular complexity index is 259. The van der Waals surface area contributed by atoms with E-state index < -0.39 is 0 Å². The zero-order valence-corrected chi connectivity index (χ0v) is 10.1. The molecule has 3 nitrogen and oxygen atoms in total. The molecule has 0 unspecified atom stereocenters. The number of hydrogen-bond acceptors (Lipinski definition) is 1. The van der Waals surface area contributed by atoms with Crippen molar-refractivity contribution in [1.29, 1.82) is 0 Å². The molecule has 1 aliphatic rings. The molecule has 0 saturated heterocycles. The number of nitrogens with zero attached hydrogens (tertiary/aromatic N) is 1. The van der Waals surface area contributed by atoms with Crippen molar-refractivity contribution < 1.29 is 0 Å². The van der Waals surface area contributed by atoms with Crippen LogP contribution < -0.4 is 11.1 Å². The molecule has 15 heavy (non-hydrogen) atoms. The van der Waals surface area contributed by atoms with Gasteiger partial charge in [0.15, 0.2) is 5.96 Å². The van der Waals surface area contributed by atoms with Gasteiger partial charge in [-0.1, -0.05) is 11.6 Å². The number of guanidine groups is 1. The lowest BCUT2D eigenvalue weighted by atomic mass is 10.1. The van der Waals surface area contributed by atoms with E-state index in [0.717, 1.165) is 13.0 Å². The lowest BCUT2D eigenvalue weighted by Gasteiger charge is -2.20. The molecule has 1 rings (SSSR count).